The maximum atomic E-state index is 15.0. The Kier molecular flexibility index (Phi) is 9.07. The zero-order valence-electron chi connectivity index (χ0n) is 21.6. The fraction of sp³-hybridized carbons (Fsp3) is 0.444. The van der Waals surface area contributed by atoms with E-state index in [1.807, 2.05) is 0 Å². The molecule has 2 aromatic rings. The highest BCUT2D eigenvalue weighted by Gasteiger charge is 2.32. The van der Waals surface area contributed by atoms with Crippen LogP contribution in [-0.2, 0) is 20.8 Å². The van der Waals surface area contributed by atoms with Crippen molar-refractivity contribution >= 4 is 23.8 Å². The van der Waals surface area contributed by atoms with Gasteiger partial charge in [0, 0.05) is 25.6 Å². The van der Waals surface area contributed by atoms with Crippen molar-refractivity contribution in [2.24, 2.45) is 0 Å². The van der Waals surface area contributed by atoms with E-state index in [-0.39, 0.29) is 38.5 Å². The number of alkyl halides is 1. The van der Waals surface area contributed by atoms with Gasteiger partial charge in [-0.15, -0.1) is 0 Å². The average Bonchev–Trinajstić information content (AvgIpc) is 3.20. The third-order valence-electron chi connectivity index (χ3n) is 5.57. The van der Waals surface area contributed by atoms with Gasteiger partial charge in [0.15, 0.2) is 0 Å². The molecule has 3 rings (SSSR count). The molecule has 0 saturated carbocycles. The summed E-state index contributed by atoms with van der Waals surface area (Å²) in [5.41, 5.74) is 1.44. The van der Waals surface area contributed by atoms with Crippen molar-refractivity contribution in [1.29, 1.82) is 0 Å². The highest BCUT2D eigenvalue weighted by atomic mass is 19.1. The largest absolute Gasteiger partial charge is 0.444 e. The summed E-state index contributed by atoms with van der Waals surface area (Å²) in [5.74, 6) is -0.741. The minimum Gasteiger partial charge on any atom is -0.444 e. The van der Waals surface area contributed by atoms with Crippen molar-refractivity contribution in [3.8, 4) is 11.1 Å². The number of hydrogen-bond acceptors (Lipinski definition) is 5. The molecule has 0 spiro atoms. The Bertz CT molecular complexity index is 1120. The van der Waals surface area contributed by atoms with Crippen LogP contribution in [0.2, 0.25) is 0 Å². The number of hydrogen-bond donors (Lipinski definition) is 1. The lowest BCUT2D eigenvalue weighted by Gasteiger charge is -2.27. The SMILES string of the molecule is CC(=O)NCC1CN(c2ccc(-c3ccc(CN(CCCF)C(=O)OC(C)(C)C)cc3)c(F)c2)C(=O)O1. The molecule has 1 unspecified atom stereocenters. The van der Waals surface area contributed by atoms with E-state index in [0.717, 1.165) is 5.56 Å². The minimum atomic E-state index is -0.670. The Labute approximate surface area is 215 Å². The number of ether oxygens (including phenoxy) is 2. The van der Waals surface area contributed by atoms with Gasteiger partial charge >= 0.3 is 12.2 Å². The molecule has 37 heavy (non-hydrogen) atoms. The number of carbonyl (C=O) groups is 3. The quantitative estimate of drug-likeness (QED) is 0.503. The van der Waals surface area contributed by atoms with Crippen molar-refractivity contribution in [3.05, 3.63) is 53.8 Å². The van der Waals surface area contributed by atoms with Crippen molar-refractivity contribution < 1.29 is 32.6 Å². The van der Waals surface area contributed by atoms with Crippen LogP contribution in [0.25, 0.3) is 11.1 Å². The molecule has 0 aliphatic carbocycles. The zero-order valence-corrected chi connectivity index (χ0v) is 21.6. The third-order valence-corrected chi connectivity index (χ3v) is 5.57. The first kappa shape index (κ1) is 27.9. The molecule has 1 heterocycles. The first-order chi connectivity index (χ1) is 17.5. The van der Waals surface area contributed by atoms with Crippen LogP contribution in [0.4, 0.5) is 24.1 Å². The molecular weight excluding hydrogens is 484 g/mol. The maximum Gasteiger partial charge on any atom is 0.414 e. The molecular formula is C27H33F2N3O5. The molecule has 1 fully saturated rings. The smallest absolute Gasteiger partial charge is 0.414 e. The Morgan fingerprint density at radius 3 is 2.49 bits per heavy atom. The summed E-state index contributed by atoms with van der Waals surface area (Å²) < 4.78 is 38.5. The predicted octanol–water partition coefficient (Wildman–Crippen LogP) is 5.05. The number of nitrogens with one attached hydrogen (secondary N) is 1. The summed E-state index contributed by atoms with van der Waals surface area (Å²) >= 11 is 0. The number of rotatable bonds is 9. The van der Waals surface area contributed by atoms with Gasteiger partial charge in [-0.25, -0.2) is 14.0 Å². The second-order valence-electron chi connectivity index (χ2n) is 9.86. The van der Waals surface area contributed by atoms with Crippen LogP contribution >= 0.6 is 0 Å². The summed E-state index contributed by atoms with van der Waals surface area (Å²) in [5, 5.41) is 2.60. The van der Waals surface area contributed by atoms with Gasteiger partial charge in [0.25, 0.3) is 0 Å². The van der Waals surface area contributed by atoms with E-state index in [0.29, 0.717) is 16.8 Å². The average molecular weight is 518 g/mol. The van der Waals surface area contributed by atoms with E-state index in [9.17, 15) is 18.8 Å². The standard InChI is InChI=1S/C27H33F2N3O5/c1-18(33)30-15-22-17-32(26(35)36-22)21-10-11-23(24(29)14-21)20-8-6-19(7-9-20)16-31(13-5-12-28)25(34)37-27(2,3)4/h6-11,14,22H,5,12-13,15-17H2,1-4H3,(H,30,33). The number of cyclic esters (lactones) is 1. The van der Waals surface area contributed by atoms with Gasteiger partial charge in [-0.1, -0.05) is 24.3 Å². The topological polar surface area (TPSA) is 88.2 Å². The van der Waals surface area contributed by atoms with Gasteiger partial charge < -0.3 is 19.7 Å². The second-order valence-corrected chi connectivity index (χ2v) is 9.86. The normalized spacial score (nSPS) is 15.4. The van der Waals surface area contributed by atoms with Crippen LogP contribution in [0.1, 0.15) is 39.7 Å². The summed E-state index contributed by atoms with van der Waals surface area (Å²) in [4.78, 5) is 38.6. The van der Waals surface area contributed by atoms with Gasteiger partial charge in [0.2, 0.25) is 5.91 Å². The van der Waals surface area contributed by atoms with Crippen LogP contribution in [0.3, 0.4) is 0 Å². The number of carbonyl (C=O) groups excluding carboxylic acids is 3. The molecule has 2 aromatic carbocycles. The molecule has 1 atom stereocenters. The molecule has 0 aromatic heterocycles. The van der Waals surface area contributed by atoms with Crippen LogP contribution < -0.4 is 10.2 Å². The minimum absolute atomic E-state index is 0.184. The fourth-order valence-electron chi connectivity index (χ4n) is 3.82. The van der Waals surface area contributed by atoms with E-state index in [1.165, 1.54) is 22.8 Å². The van der Waals surface area contributed by atoms with Gasteiger partial charge in [-0.3, -0.25) is 14.1 Å². The highest BCUT2D eigenvalue weighted by molar-refractivity contribution is 5.90. The third kappa shape index (κ3) is 7.90. The molecule has 1 N–H and O–H groups in total. The molecule has 8 nitrogen and oxygen atoms in total. The van der Waals surface area contributed by atoms with Crippen molar-refractivity contribution in [1.82, 2.24) is 10.2 Å². The predicted molar refractivity (Wildman–Crippen MR) is 135 cm³/mol. The van der Waals surface area contributed by atoms with Gasteiger partial charge in [0.05, 0.1) is 25.5 Å². The Hall–Kier alpha value is -3.69. The lowest BCUT2D eigenvalue weighted by Crippen LogP contribution is -2.37. The first-order valence-electron chi connectivity index (χ1n) is 12.1. The Morgan fingerprint density at radius 1 is 1.19 bits per heavy atom. The van der Waals surface area contributed by atoms with Crippen LogP contribution in [0.5, 0.6) is 0 Å². The number of benzene rings is 2. The lowest BCUT2D eigenvalue weighted by molar-refractivity contribution is -0.119. The summed E-state index contributed by atoms with van der Waals surface area (Å²) in [7, 11) is 0. The molecule has 1 saturated heterocycles. The Morgan fingerprint density at radius 2 is 1.89 bits per heavy atom. The molecule has 0 radical (unpaired) electrons. The molecule has 0 bridgehead atoms. The van der Waals surface area contributed by atoms with Gasteiger partial charge in [-0.2, -0.15) is 0 Å². The number of nitrogens with zero attached hydrogens (tertiary/aromatic N) is 2. The van der Waals surface area contributed by atoms with Crippen molar-refractivity contribution in [2.45, 2.75) is 52.4 Å². The summed E-state index contributed by atoms with van der Waals surface area (Å²) in [6, 6.07) is 11.5. The molecule has 1 aliphatic heterocycles. The summed E-state index contributed by atoms with van der Waals surface area (Å²) in [6.07, 6.45) is -1.44. The molecule has 200 valence electrons. The summed E-state index contributed by atoms with van der Waals surface area (Å²) in [6.45, 7) is 6.96. The van der Waals surface area contributed by atoms with Crippen LogP contribution in [0.15, 0.2) is 42.5 Å². The maximum absolute atomic E-state index is 15.0. The zero-order chi connectivity index (χ0) is 27.2. The number of anilines is 1. The second kappa shape index (κ2) is 12.0. The van der Waals surface area contributed by atoms with E-state index >= 15 is 4.39 Å². The Balaban J connectivity index is 1.69. The van der Waals surface area contributed by atoms with Crippen LogP contribution in [0, 0.1) is 5.82 Å². The van der Waals surface area contributed by atoms with Crippen LogP contribution in [-0.4, -0.2) is 61.0 Å². The van der Waals surface area contributed by atoms with Crippen molar-refractivity contribution in [3.63, 3.8) is 0 Å². The number of halogens is 2. The van der Waals surface area contributed by atoms with Gasteiger partial charge in [0.1, 0.15) is 17.5 Å². The van der Waals surface area contributed by atoms with Crippen molar-refractivity contribution in [2.75, 3.05) is 31.2 Å². The fourth-order valence-corrected chi connectivity index (χ4v) is 3.82. The highest BCUT2D eigenvalue weighted by Crippen LogP contribution is 2.29. The van der Waals surface area contributed by atoms with E-state index < -0.39 is 36.4 Å². The van der Waals surface area contributed by atoms with E-state index in [4.69, 9.17) is 9.47 Å². The molecule has 10 heteroatoms. The molecule has 3 amide bonds. The first-order valence-corrected chi connectivity index (χ1v) is 12.1. The van der Waals surface area contributed by atoms with E-state index in [1.54, 1.807) is 57.2 Å². The lowest BCUT2D eigenvalue weighted by atomic mass is 10.0. The van der Waals surface area contributed by atoms with Gasteiger partial charge in [-0.05, 0) is 56.5 Å². The molecule has 1 aliphatic rings. The monoisotopic (exact) mass is 517 g/mol. The number of amides is 3. The van der Waals surface area contributed by atoms with E-state index in [2.05, 4.69) is 5.32 Å².